The lowest BCUT2D eigenvalue weighted by atomic mass is 11.0. The Bertz CT molecular complexity index is 27.0. The second-order valence-corrected chi connectivity index (χ2v) is 1.34. The molecule has 0 heterocycles. The smallest absolute Gasteiger partial charge is 0.0462 e. The van der Waals surface area contributed by atoms with Gasteiger partial charge in [0.05, 0.1) is 0 Å². The second-order valence-electron chi connectivity index (χ2n) is 1.34. The summed E-state index contributed by atoms with van der Waals surface area (Å²) in [6.07, 6.45) is 0. The van der Waals surface area contributed by atoms with Crippen LogP contribution in [0.5, 0.6) is 0 Å². The lowest BCUT2D eigenvalue weighted by molar-refractivity contribution is 0.505. The fourth-order valence-electron chi connectivity index (χ4n) is 0. The van der Waals surface area contributed by atoms with Gasteiger partial charge < -0.3 is 4.90 Å². The fourth-order valence-corrected chi connectivity index (χ4v) is 0. The van der Waals surface area contributed by atoms with Crippen molar-refractivity contribution in [3.63, 3.8) is 0 Å². The summed E-state index contributed by atoms with van der Waals surface area (Å²) in [7, 11) is 6.00. The number of hydrogen-bond acceptors (Lipinski definition) is 2. The van der Waals surface area contributed by atoms with Crippen LogP contribution in [-0.4, -0.2) is 26.0 Å². The lowest BCUT2D eigenvalue weighted by Gasteiger charge is -1.90. The molecule has 0 N–H and O–H groups in total. The average Bonchev–Trinajstić information content (AvgIpc) is 1.41. The summed E-state index contributed by atoms with van der Waals surface area (Å²) in [5.41, 5.74) is 0. The van der Waals surface area contributed by atoms with Crippen LogP contribution >= 0.6 is 0 Å². The summed E-state index contributed by atoms with van der Waals surface area (Å²) in [6.45, 7) is 3.50. The van der Waals surface area contributed by atoms with E-state index in [1.165, 1.54) is 0 Å². The summed E-state index contributed by atoms with van der Waals surface area (Å²) in [5.74, 6) is 0. The lowest BCUT2D eigenvalue weighted by Crippen LogP contribution is -1.99. The van der Waals surface area contributed by atoms with Crippen LogP contribution in [0.15, 0.2) is 0 Å². The predicted octanol–water partition coefficient (Wildman–Crippen LogP) is 0.318. The predicted molar refractivity (Wildman–Crippen MR) is 26.3 cm³/mol. The summed E-state index contributed by atoms with van der Waals surface area (Å²) in [6, 6.07) is 0. The molecule has 0 atom stereocenters. The van der Waals surface area contributed by atoms with E-state index in [2.05, 4.69) is 6.57 Å². The number of rotatable bonds is 0. The van der Waals surface area contributed by atoms with E-state index in [0.717, 1.165) is 0 Å². The molecule has 36 valence electrons. The Balaban J connectivity index is 0. The van der Waals surface area contributed by atoms with Crippen LogP contribution in [0.1, 0.15) is 0 Å². The van der Waals surface area contributed by atoms with E-state index in [0.29, 0.717) is 0 Å². The minimum Gasteiger partial charge on any atom is -0.312 e. The molecule has 0 unspecified atom stereocenters. The Labute approximate surface area is 39.0 Å². The molecule has 0 aromatic carbocycles. The Kier molecular flexibility index (Phi) is 13.3. The van der Waals surface area contributed by atoms with Crippen LogP contribution in [0.3, 0.4) is 0 Å². The van der Waals surface area contributed by atoms with Crippen molar-refractivity contribution in [1.82, 2.24) is 4.90 Å². The van der Waals surface area contributed by atoms with Gasteiger partial charge in [0.1, 0.15) is 0 Å². The Morgan fingerprint density at radius 1 is 1.17 bits per heavy atom. The van der Waals surface area contributed by atoms with E-state index in [9.17, 15) is 0 Å². The molecule has 0 aliphatic carbocycles. The first kappa shape index (κ1) is 9.07. The highest BCUT2D eigenvalue weighted by Crippen LogP contribution is 1.47. The summed E-state index contributed by atoms with van der Waals surface area (Å²) in [5, 5.41) is 6.50. The van der Waals surface area contributed by atoms with Crippen molar-refractivity contribution in [1.29, 1.82) is 5.26 Å². The van der Waals surface area contributed by atoms with Crippen LogP contribution in [0.4, 0.5) is 0 Å². The molecule has 0 aromatic heterocycles. The van der Waals surface area contributed by atoms with Gasteiger partial charge >= 0.3 is 0 Å². The van der Waals surface area contributed by atoms with Crippen molar-refractivity contribution in [3.8, 4) is 6.57 Å². The monoisotopic (exact) mass is 86.1 g/mol. The molecule has 0 amide bonds. The van der Waals surface area contributed by atoms with Crippen LogP contribution < -0.4 is 0 Å². The van der Waals surface area contributed by atoms with Gasteiger partial charge in [-0.1, -0.05) is 0 Å². The van der Waals surface area contributed by atoms with Crippen molar-refractivity contribution in [3.05, 3.63) is 0 Å². The molecule has 0 bridgehead atoms. The Morgan fingerprint density at radius 3 is 1.17 bits per heavy atom. The molecule has 0 spiro atoms. The van der Waals surface area contributed by atoms with E-state index in [1.54, 1.807) is 0 Å². The molecule has 2 nitrogen and oxygen atoms in total. The molecule has 6 heavy (non-hydrogen) atoms. The molecule has 0 radical (unpaired) electrons. The zero-order chi connectivity index (χ0) is 5.58. The number of hydrogen-bond donors (Lipinski definition) is 0. The average molecular weight is 86.1 g/mol. The van der Waals surface area contributed by atoms with Crippen LogP contribution in [0, 0.1) is 11.8 Å². The van der Waals surface area contributed by atoms with Crippen molar-refractivity contribution in [2.75, 3.05) is 21.1 Å². The molecule has 0 aromatic rings. The first-order valence-corrected chi connectivity index (χ1v) is 1.60. The Hall–Kier alpha value is -0.550. The van der Waals surface area contributed by atoms with E-state index in [-0.39, 0.29) is 0 Å². The highest BCUT2D eigenvalue weighted by Gasteiger charge is 1.58. The van der Waals surface area contributed by atoms with Gasteiger partial charge in [-0.25, -0.2) is 5.26 Å². The highest BCUT2D eigenvalue weighted by molar-refractivity contribution is 4.09. The Morgan fingerprint density at radius 2 is 1.17 bits per heavy atom. The standard InChI is InChI=1S/C3H9N.CHN/c1-4(2)3;1-2/h1-3H3;1H. The second kappa shape index (κ2) is 8.82. The molecule has 0 aliphatic rings. The third-order valence-corrected chi connectivity index (χ3v) is 0. The van der Waals surface area contributed by atoms with Gasteiger partial charge in [-0.05, 0) is 21.1 Å². The fraction of sp³-hybridized carbons (Fsp3) is 0.750. The van der Waals surface area contributed by atoms with Crippen molar-refractivity contribution in [2.24, 2.45) is 0 Å². The van der Waals surface area contributed by atoms with Gasteiger partial charge in [0.25, 0.3) is 0 Å². The number of nitrogens with zero attached hydrogens (tertiary/aromatic N) is 2. The van der Waals surface area contributed by atoms with Gasteiger partial charge in [0.15, 0.2) is 0 Å². The molecule has 0 saturated carbocycles. The van der Waals surface area contributed by atoms with Crippen LogP contribution in [-0.2, 0) is 0 Å². The van der Waals surface area contributed by atoms with E-state index in [4.69, 9.17) is 5.26 Å². The molecule has 0 saturated heterocycles. The summed E-state index contributed by atoms with van der Waals surface area (Å²) in [4.78, 5) is 2.00. The minimum absolute atomic E-state index is 2.00. The van der Waals surface area contributed by atoms with Gasteiger partial charge in [-0.15, -0.1) is 0 Å². The van der Waals surface area contributed by atoms with Crippen molar-refractivity contribution in [2.45, 2.75) is 0 Å². The van der Waals surface area contributed by atoms with Gasteiger partial charge in [0.2, 0.25) is 0 Å². The third-order valence-electron chi connectivity index (χ3n) is 0. The maximum atomic E-state index is 6.50. The zero-order valence-electron chi connectivity index (χ0n) is 4.47. The van der Waals surface area contributed by atoms with Crippen LogP contribution in [0.25, 0.3) is 0 Å². The minimum atomic E-state index is 2.00. The topological polar surface area (TPSA) is 27.0 Å². The summed E-state index contributed by atoms with van der Waals surface area (Å²) >= 11 is 0. The van der Waals surface area contributed by atoms with Gasteiger partial charge in [-0.3, -0.25) is 0 Å². The molecule has 2 heteroatoms. The normalized spacial score (nSPS) is 6.33. The van der Waals surface area contributed by atoms with Crippen LogP contribution in [0.2, 0.25) is 0 Å². The molecule has 0 rings (SSSR count). The largest absolute Gasteiger partial charge is 0.312 e. The molecule has 0 aliphatic heterocycles. The van der Waals surface area contributed by atoms with Gasteiger partial charge in [-0.2, -0.15) is 0 Å². The van der Waals surface area contributed by atoms with Gasteiger partial charge in [0, 0.05) is 6.57 Å². The first-order valence-electron chi connectivity index (χ1n) is 1.60. The quantitative estimate of drug-likeness (QED) is 0.424. The SMILES string of the molecule is C#N.CN(C)C. The van der Waals surface area contributed by atoms with E-state index in [1.807, 2.05) is 26.0 Å². The van der Waals surface area contributed by atoms with E-state index < -0.39 is 0 Å². The van der Waals surface area contributed by atoms with Crippen molar-refractivity contribution < 1.29 is 0 Å². The van der Waals surface area contributed by atoms with Crippen molar-refractivity contribution >= 4 is 0 Å². The highest BCUT2D eigenvalue weighted by atomic mass is 15.0. The number of nitriles is 1. The molecule has 0 fully saturated rings. The first-order chi connectivity index (χ1) is 2.73. The molecular weight excluding hydrogens is 76.1 g/mol. The maximum Gasteiger partial charge on any atom is 0.0462 e. The van der Waals surface area contributed by atoms with E-state index >= 15 is 0 Å². The maximum absolute atomic E-state index is 6.50. The molecular formula is C4H10N2. The zero-order valence-corrected chi connectivity index (χ0v) is 4.47. The third kappa shape index (κ3) is 68.5. The summed E-state index contributed by atoms with van der Waals surface area (Å²) < 4.78 is 0.